The molecule has 0 radical (unpaired) electrons. The van der Waals surface area contributed by atoms with E-state index in [9.17, 15) is 34.8 Å². The van der Waals surface area contributed by atoms with Crippen molar-refractivity contribution < 1.29 is 44.8 Å². The van der Waals surface area contributed by atoms with E-state index in [0.29, 0.717) is 21.2 Å². The molecule has 0 atom stereocenters. The molecule has 0 unspecified atom stereocenters. The van der Waals surface area contributed by atoms with E-state index in [4.69, 9.17) is 55.5 Å². The molecule has 0 saturated carbocycles. The maximum atomic E-state index is 13.5. The van der Waals surface area contributed by atoms with Gasteiger partial charge in [0, 0.05) is 42.9 Å². The summed E-state index contributed by atoms with van der Waals surface area (Å²) in [5.41, 5.74) is 0.274. The molecule has 3 heterocycles. The lowest BCUT2D eigenvalue weighted by Crippen LogP contribution is -2.32. The quantitative estimate of drug-likeness (QED) is 0.105. The summed E-state index contributed by atoms with van der Waals surface area (Å²) in [6.45, 7) is 0. The van der Waals surface area contributed by atoms with Gasteiger partial charge in [-0.25, -0.2) is 34.8 Å². The van der Waals surface area contributed by atoms with E-state index in [2.05, 4.69) is 15.9 Å². The molecule has 0 saturated heterocycles. The highest BCUT2D eigenvalue weighted by Crippen LogP contribution is 2.40. The van der Waals surface area contributed by atoms with Crippen molar-refractivity contribution in [3.63, 3.8) is 0 Å². The maximum absolute atomic E-state index is 13.5. The van der Waals surface area contributed by atoms with E-state index in [1.165, 1.54) is 22.7 Å². The van der Waals surface area contributed by atoms with E-state index >= 15 is 0 Å². The first kappa shape index (κ1) is 42.3. The second-order valence-electron chi connectivity index (χ2n) is 9.13. The maximum Gasteiger partial charge on any atom is 0.491 e. The molecule has 0 bridgehead atoms. The van der Waals surface area contributed by atoms with Gasteiger partial charge in [-0.05, 0) is 99.5 Å². The molecule has 50 heavy (non-hydrogen) atoms. The van der Waals surface area contributed by atoms with Crippen molar-refractivity contribution in [3.05, 3.63) is 136 Å². The predicted octanol–water partition coefficient (Wildman–Crippen LogP) is 11.4. The fraction of sp³-hybridized carbons (Fsp3) is 0. The van der Waals surface area contributed by atoms with E-state index < -0.39 is 56.5 Å². The van der Waals surface area contributed by atoms with Gasteiger partial charge in [0.1, 0.15) is 52.1 Å². The van der Waals surface area contributed by atoms with Crippen LogP contribution in [0.2, 0.25) is 13.0 Å². The Morgan fingerprint density at radius 2 is 1.08 bits per heavy atom. The third-order valence-electron chi connectivity index (χ3n) is 5.77. The number of rotatable bonds is 4. The summed E-state index contributed by atoms with van der Waals surface area (Å²) in [6.07, 6.45) is 0. The van der Waals surface area contributed by atoms with E-state index in [1.54, 1.807) is 11.4 Å². The first-order valence-corrected chi connectivity index (χ1v) is 19.8. The number of halogens is 11. The third kappa shape index (κ3) is 12.3. The summed E-state index contributed by atoms with van der Waals surface area (Å²) in [5.74, 6) is -3.81. The zero-order chi connectivity index (χ0) is 37.3. The van der Waals surface area contributed by atoms with Crippen LogP contribution >= 0.6 is 95.4 Å². The van der Waals surface area contributed by atoms with Gasteiger partial charge in [-0.2, -0.15) is 0 Å². The van der Waals surface area contributed by atoms with Crippen LogP contribution in [-0.2, 0) is 9.05 Å². The Morgan fingerprint density at radius 3 is 1.46 bits per heavy atom. The van der Waals surface area contributed by atoms with Crippen LogP contribution in [0.15, 0.2) is 92.2 Å². The molecule has 6 rings (SSSR count). The molecule has 0 aliphatic heterocycles. The fourth-order valence-electron chi connectivity index (χ4n) is 3.53. The van der Waals surface area contributed by atoms with Gasteiger partial charge in [-0.15, -0.1) is 34.0 Å². The Hall–Kier alpha value is -2.09. The number of hydrogen-bond donors (Lipinski definition) is 2. The van der Waals surface area contributed by atoms with E-state index in [-0.39, 0.29) is 25.2 Å². The Morgan fingerprint density at radius 1 is 0.600 bits per heavy atom. The highest BCUT2D eigenvalue weighted by atomic mass is 79.9. The number of benzene rings is 3. The first-order valence-electron chi connectivity index (χ1n) is 13.0. The minimum absolute atomic E-state index is 0.0266. The standard InChI is InChI=1S/C10H4Cl2F2O2S2.C10H5ClF2S.C6H5BF2O2.C4H2BrClS/c11-10-7(4-9(17-10)18(12,15)16)6-3-5(13)1-2-8(6)14;11-10-7(3-4-14-10)8-5-6(12)1-2-9(8)13;8-4-1-2-6(9)5(3-4)7(10)11;5-3-1-2-7-4(3)6/h1-4H;1-5H;1-3,10-11H;1-2H. The lowest BCUT2D eigenvalue weighted by Gasteiger charge is -2.01. The van der Waals surface area contributed by atoms with Crippen LogP contribution in [0.1, 0.15) is 0 Å². The van der Waals surface area contributed by atoms with Gasteiger partial charge in [0.15, 0.2) is 0 Å². The van der Waals surface area contributed by atoms with Crippen molar-refractivity contribution in [3.8, 4) is 22.3 Å². The van der Waals surface area contributed by atoms with Crippen molar-refractivity contribution in [2.75, 3.05) is 0 Å². The van der Waals surface area contributed by atoms with E-state index in [0.717, 1.165) is 69.5 Å². The van der Waals surface area contributed by atoms with Crippen molar-refractivity contribution >= 4 is 117 Å². The summed E-state index contributed by atoms with van der Waals surface area (Å²) in [7, 11) is -0.754. The summed E-state index contributed by atoms with van der Waals surface area (Å²) in [5, 5.41) is 20.6. The molecule has 2 N–H and O–H groups in total. The molecular weight excluding hydrogens is 899 g/mol. The molecule has 20 heteroatoms. The molecule has 4 nitrogen and oxygen atoms in total. The number of hydrogen-bond acceptors (Lipinski definition) is 7. The average molecular weight is 915 g/mol. The zero-order valence-corrected chi connectivity index (χ0v) is 32.0. The Kier molecular flexibility index (Phi) is 16.2. The van der Waals surface area contributed by atoms with Crippen LogP contribution in [0.3, 0.4) is 0 Å². The SMILES string of the molecule is Clc1sccc1Br.Fc1ccc(F)c(-c2ccsc2Cl)c1.O=S(=O)(Cl)c1cc(-c2cc(F)ccc2F)c(Cl)s1.OB(O)c1cc(F)ccc1F. The van der Waals surface area contributed by atoms with Gasteiger partial charge < -0.3 is 10.0 Å². The molecule has 0 aliphatic carbocycles. The second-order valence-corrected chi connectivity index (χ2v) is 17.5. The fourth-order valence-corrected chi connectivity index (χ4v) is 8.29. The normalized spacial score (nSPS) is 10.7. The zero-order valence-electron chi connectivity index (χ0n) is 24.2. The van der Waals surface area contributed by atoms with Crippen molar-refractivity contribution in [2.45, 2.75) is 4.21 Å². The minimum atomic E-state index is -3.95. The van der Waals surface area contributed by atoms with Gasteiger partial charge >= 0.3 is 7.12 Å². The third-order valence-corrected chi connectivity index (χ3v) is 12.7. The summed E-state index contributed by atoms with van der Waals surface area (Å²) in [6, 6.07) is 13.3. The van der Waals surface area contributed by atoms with Crippen LogP contribution in [0.4, 0.5) is 26.3 Å². The lowest BCUT2D eigenvalue weighted by molar-refractivity contribution is 0.422. The number of thiophene rings is 3. The first-order chi connectivity index (χ1) is 23.4. The molecule has 6 aromatic rings. The second kappa shape index (κ2) is 19.1. The van der Waals surface area contributed by atoms with Crippen LogP contribution < -0.4 is 5.46 Å². The molecule has 264 valence electrons. The smallest absolute Gasteiger partial charge is 0.423 e. The minimum Gasteiger partial charge on any atom is -0.423 e. The van der Waals surface area contributed by atoms with Crippen molar-refractivity contribution in [1.29, 1.82) is 0 Å². The van der Waals surface area contributed by atoms with Gasteiger partial charge in [-0.1, -0.05) is 34.8 Å². The van der Waals surface area contributed by atoms with Gasteiger partial charge in [0.2, 0.25) is 0 Å². The summed E-state index contributed by atoms with van der Waals surface area (Å²) < 4.78 is 102. The molecule has 3 aromatic heterocycles. The van der Waals surface area contributed by atoms with Gasteiger partial charge in [-0.3, -0.25) is 0 Å². The van der Waals surface area contributed by atoms with Crippen molar-refractivity contribution in [2.24, 2.45) is 0 Å². The van der Waals surface area contributed by atoms with Gasteiger partial charge in [0.05, 0.1) is 0 Å². The van der Waals surface area contributed by atoms with Crippen LogP contribution in [0.25, 0.3) is 22.3 Å². The molecule has 3 aromatic carbocycles. The summed E-state index contributed by atoms with van der Waals surface area (Å²) >= 11 is 24.0. The molecule has 0 aliphatic rings. The Bertz CT molecular complexity index is 2170. The van der Waals surface area contributed by atoms with Crippen LogP contribution in [-0.4, -0.2) is 25.6 Å². The van der Waals surface area contributed by atoms with Gasteiger partial charge in [0.25, 0.3) is 9.05 Å². The largest absolute Gasteiger partial charge is 0.491 e. The molecule has 0 fully saturated rings. The Labute approximate surface area is 321 Å². The topological polar surface area (TPSA) is 74.6 Å². The monoisotopic (exact) mass is 912 g/mol. The van der Waals surface area contributed by atoms with Crippen molar-refractivity contribution in [1.82, 2.24) is 0 Å². The highest BCUT2D eigenvalue weighted by Gasteiger charge is 2.20. The lowest BCUT2D eigenvalue weighted by atomic mass is 9.80. The average Bonchev–Trinajstić information content (AvgIpc) is 3.77. The molecular formula is C30H16BBrCl4F6O4S4. The van der Waals surface area contributed by atoms with Crippen LogP contribution in [0.5, 0.6) is 0 Å². The predicted molar refractivity (Wildman–Crippen MR) is 196 cm³/mol. The van der Waals surface area contributed by atoms with Crippen LogP contribution in [0, 0.1) is 34.9 Å². The summed E-state index contributed by atoms with van der Waals surface area (Å²) in [4.78, 5) is 0. The highest BCUT2D eigenvalue weighted by molar-refractivity contribution is 9.10. The van der Waals surface area contributed by atoms with E-state index in [1.807, 2.05) is 11.4 Å². The molecule has 0 spiro atoms. The molecule has 0 amide bonds. The Balaban J connectivity index is 0.000000189.